The van der Waals surface area contributed by atoms with Crippen LogP contribution in [0.15, 0.2) is 12.3 Å². The van der Waals surface area contributed by atoms with Gasteiger partial charge in [0, 0.05) is 12.0 Å². The summed E-state index contributed by atoms with van der Waals surface area (Å²) in [5.41, 5.74) is 0.986. The van der Waals surface area contributed by atoms with E-state index in [-0.39, 0.29) is 0 Å². The van der Waals surface area contributed by atoms with Gasteiger partial charge in [0.25, 0.3) is 0 Å². The van der Waals surface area contributed by atoms with Crippen molar-refractivity contribution in [3.63, 3.8) is 0 Å². The molecule has 3 nitrogen and oxygen atoms in total. The second-order valence-electron chi connectivity index (χ2n) is 5.31. The Kier molecular flexibility index (Phi) is 3.20. The van der Waals surface area contributed by atoms with E-state index in [1.807, 2.05) is 12.3 Å². The Bertz CT molecular complexity index is 546. The van der Waals surface area contributed by atoms with Gasteiger partial charge in [-0.05, 0) is 18.8 Å². The number of thiazole rings is 1. The standard InChI is InChI=1S/C14H18N2OS/c1-9(2)14-16-11-7-15-13(6-12(11)18-14)17-8-10-4-3-5-10/h6-7,9-10H,3-5,8H2,1-2H3. The molecule has 1 fully saturated rings. The Balaban J connectivity index is 1.76. The molecule has 2 aromatic rings. The van der Waals surface area contributed by atoms with Crippen LogP contribution < -0.4 is 4.74 Å². The molecule has 0 radical (unpaired) electrons. The molecule has 0 N–H and O–H groups in total. The van der Waals surface area contributed by atoms with Gasteiger partial charge in [0.2, 0.25) is 5.88 Å². The number of rotatable bonds is 4. The highest BCUT2D eigenvalue weighted by atomic mass is 32.1. The van der Waals surface area contributed by atoms with E-state index in [0.29, 0.717) is 5.92 Å². The summed E-state index contributed by atoms with van der Waals surface area (Å²) in [7, 11) is 0. The molecule has 0 amide bonds. The highest BCUT2D eigenvalue weighted by molar-refractivity contribution is 7.18. The van der Waals surface area contributed by atoms with Crippen LogP contribution in [0.1, 0.15) is 44.0 Å². The van der Waals surface area contributed by atoms with Gasteiger partial charge in [0.05, 0.1) is 22.5 Å². The molecule has 18 heavy (non-hydrogen) atoms. The van der Waals surface area contributed by atoms with Gasteiger partial charge in [0.15, 0.2) is 0 Å². The van der Waals surface area contributed by atoms with E-state index in [9.17, 15) is 0 Å². The number of nitrogens with zero attached hydrogens (tertiary/aromatic N) is 2. The summed E-state index contributed by atoms with van der Waals surface area (Å²) in [5.74, 6) is 1.96. The normalized spacial score (nSPS) is 16.2. The van der Waals surface area contributed by atoms with E-state index < -0.39 is 0 Å². The zero-order valence-corrected chi connectivity index (χ0v) is 11.7. The van der Waals surface area contributed by atoms with Crippen molar-refractivity contribution in [2.75, 3.05) is 6.61 Å². The number of fused-ring (bicyclic) bond motifs is 1. The Hall–Kier alpha value is -1.16. The molecule has 96 valence electrons. The van der Waals surface area contributed by atoms with E-state index in [1.165, 1.54) is 29.0 Å². The minimum absolute atomic E-state index is 0.474. The van der Waals surface area contributed by atoms with Crippen molar-refractivity contribution in [2.24, 2.45) is 5.92 Å². The number of hydrogen-bond acceptors (Lipinski definition) is 4. The molecule has 0 aromatic carbocycles. The molecule has 1 aliphatic carbocycles. The van der Waals surface area contributed by atoms with Crippen molar-refractivity contribution >= 4 is 21.6 Å². The molecule has 2 aromatic heterocycles. The predicted molar refractivity (Wildman–Crippen MR) is 74.3 cm³/mol. The fourth-order valence-electron chi connectivity index (χ4n) is 2.02. The fourth-order valence-corrected chi connectivity index (χ4v) is 2.99. The largest absolute Gasteiger partial charge is 0.477 e. The third kappa shape index (κ3) is 2.34. The SMILES string of the molecule is CC(C)c1nc2cnc(OCC3CCC3)cc2s1. The van der Waals surface area contributed by atoms with E-state index in [2.05, 4.69) is 23.8 Å². The van der Waals surface area contributed by atoms with E-state index in [1.54, 1.807) is 11.3 Å². The average Bonchev–Trinajstić information content (AvgIpc) is 2.70. The summed E-state index contributed by atoms with van der Waals surface area (Å²) in [6.45, 7) is 5.15. The number of aromatic nitrogens is 2. The van der Waals surface area contributed by atoms with Gasteiger partial charge >= 0.3 is 0 Å². The van der Waals surface area contributed by atoms with Crippen molar-refractivity contribution in [3.8, 4) is 5.88 Å². The average molecular weight is 262 g/mol. The van der Waals surface area contributed by atoms with Crippen LogP contribution in [-0.4, -0.2) is 16.6 Å². The molecule has 1 aliphatic rings. The monoisotopic (exact) mass is 262 g/mol. The first-order valence-corrected chi connectivity index (χ1v) is 7.43. The first kappa shape index (κ1) is 11.9. The summed E-state index contributed by atoms with van der Waals surface area (Å²) in [6, 6.07) is 2.03. The molecule has 0 unspecified atom stereocenters. The van der Waals surface area contributed by atoms with Gasteiger partial charge in [-0.25, -0.2) is 9.97 Å². The summed E-state index contributed by atoms with van der Waals surface area (Å²) >= 11 is 1.74. The predicted octanol–water partition coefficient (Wildman–Crippen LogP) is 3.99. The zero-order valence-electron chi connectivity index (χ0n) is 10.8. The lowest BCUT2D eigenvalue weighted by Gasteiger charge is -2.24. The lowest BCUT2D eigenvalue weighted by Crippen LogP contribution is -2.19. The molecule has 0 aliphatic heterocycles. The summed E-state index contributed by atoms with van der Waals surface area (Å²) < 4.78 is 6.93. The number of pyridine rings is 1. The summed E-state index contributed by atoms with van der Waals surface area (Å²) in [4.78, 5) is 8.91. The fraction of sp³-hybridized carbons (Fsp3) is 0.571. The third-order valence-corrected chi connectivity index (χ3v) is 4.77. The number of ether oxygens (including phenoxy) is 1. The molecular formula is C14H18N2OS. The van der Waals surface area contributed by atoms with Crippen LogP contribution in [0.2, 0.25) is 0 Å². The van der Waals surface area contributed by atoms with Crippen LogP contribution in [0.4, 0.5) is 0 Å². The highest BCUT2D eigenvalue weighted by Crippen LogP contribution is 2.30. The van der Waals surface area contributed by atoms with Crippen LogP contribution in [0, 0.1) is 5.92 Å². The van der Waals surface area contributed by atoms with Gasteiger partial charge in [0.1, 0.15) is 5.52 Å². The van der Waals surface area contributed by atoms with Crippen molar-refractivity contribution in [1.29, 1.82) is 0 Å². The van der Waals surface area contributed by atoms with Crippen LogP contribution >= 0.6 is 11.3 Å². The maximum Gasteiger partial charge on any atom is 0.214 e. The molecule has 0 atom stereocenters. The first-order valence-electron chi connectivity index (χ1n) is 6.61. The quantitative estimate of drug-likeness (QED) is 0.835. The Labute approximate surface area is 111 Å². The lowest BCUT2D eigenvalue weighted by molar-refractivity contribution is 0.176. The van der Waals surface area contributed by atoms with Gasteiger partial charge in [-0.15, -0.1) is 11.3 Å². The van der Waals surface area contributed by atoms with Crippen LogP contribution in [0.3, 0.4) is 0 Å². The minimum Gasteiger partial charge on any atom is -0.477 e. The van der Waals surface area contributed by atoms with Crippen molar-refractivity contribution in [2.45, 2.75) is 39.0 Å². The molecule has 2 heterocycles. The first-order chi connectivity index (χ1) is 8.72. The second-order valence-corrected chi connectivity index (χ2v) is 6.37. The molecule has 0 saturated heterocycles. The van der Waals surface area contributed by atoms with Crippen molar-refractivity contribution in [1.82, 2.24) is 9.97 Å². The maximum absolute atomic E-state index is 5.76. The zero-order chi connectivity index (χ0) is 12.5. The van der Waals surface area contributed by atoms with Gasteiger partial charge in [-0.2, -0.15) is 0 Å². The topological polar surface area (TPSA) is 35.0 Å². The Morgan fingerprint density at radius 1 is 1.44 bits per heavy atom. The maximum atomic E-state index is 5.76. The smallest absolute Gasteiger partial charge is 0.214 e. The minimum atomic E-state index is 0.474. The molecule has 0 bridgehead atoms. The molecule has 1 saturated carbocycles. The van der Waals surface area contributed by atoms with Gasteiger partial charge in [-0.3, -0.25) is 0 Å². The molecular weight excluding hydrogens is 244 g/mol. The van der Waals surface area contributed by atoms with Crippen LogP contribution in [-0.2, 0) is 0 Å². The van der Waals surface area contributed by atoms with E-state index in [0.717, 1.165) is 23.9 Å². The van der Waals surface area contributed by atoms with Crippen molar-refractivity contribution in [3.05, 3.63) is 17.3 Å². The molecule has 0 spiro atoms. The van der Waals surface area contributed by atoms with Gasteiger partial charge < -0.3 is 4.74 Å². The molecule has 4 heteroatoms. The molecule has 3 rings (SSSR count). The van der Waals surface area contributed by atoms with Gasteiger partial charge in [-0.1, -0.05) is 20.3 Å². The Morgan fingerprint density at radius 3 is 2.94 bits per heavy atom. The summed E-state index contributed by atoms with van der Waals surface area (Å²) in [5, 5.41) is 1.17. The summed E-state index contributed by atoms with van der Waals surface area (Å²) in [6.07, 6.45) is 5.79. The van der Waals surface area contributed by atoms with Crippen LogP contribution in [0.25, 0.3) is 10.2 Å². The lowest BCUT2D eigenvalue weighted by atomic mass is 9.86. The van der Waals surface area contributed by atoms with Crippen molar-refractivity contribution < 1.29 is 4.74 Å². The third-order valence-electron chi connectivity index (χ3n) is 3.45. The second kappa shape index (κ2) is 4.84. The van der Waals surface area contributed by atoms with Crippen LogP contribution in [0.5, 0.6) is 5.88 Å². The number of hydrogen-bond donors (Lipinski definition) is 0. The highest BCUT2D eigenvalue weighted by Gasteiger charge is 2.18. The van der Waals surface area contributed by atoms with E-state index in [4.69, 9.17) is 4.74 Å². The Morgan fingerprint density at radius 2 is 2.28 bits per heavy atom. The van der Waals surface area contributed by atoms with E-state index >= 15 is 0 Å².